The summed E-state index contributed by atoms with van der Waals surface area (Å²) in [5, 5.41) is 3.09. The van der Waals surface area contributed by atoms with Crippen molar-refractivity contribution in [2.24, 2.45) is 0 Å². The van der Waals surface area contributed by atoms with Gasteiger partial charge in [0.05, 0.1) is 5.69 Å². The Kier molecular flexibility index (Phi) is 5.93. The minimum Gasteiger partial charge on any atom is -0.381 e. The summed E-state index contributed by atoms with van der Waals surface area (Å²) in [5.74, 6) is 0.936. The van der Waals surface area contributed by atoms with Crippen LogP contribution in [0.25, 0.3) is 0 Å². The Labute approximate surface area is 98.0 Å². The second-order valence-electron chi connectivity index (χ2n) is 3.97. The van der Waals surface area contributed by atoms with Gasteiger partial charge in [-0.1, -0.05) is 13.3 Å². The average molecular weight is 225 g/mol. The minimum absolute atomic E-state index is 0.834. The van der Waals surface area contributed by atoms with Crippen LogP contribution in [0.2, 0.25) is 0 Å². The zero-order valence-corrected chi connectivity index (χ0v) is 10.6. The lowest BCUT2D eigenvalue weighted by Crippen LogP contribution is -2.06. The van der Waals surface area contributed by atoms with Gasteiger partial charge in [-0.05, 0) is 19.8 Å². The van der Waals surface area contributed by atoms with Crippen LogP contribution in [0.15, 0.2) is 6.20 Å². The first kappa shape index (κ1) is 13.0. The van der Waals surface area contributed by atoms with E-state index in [2.05, 4.69) is 28.0 Å². The van der Waals surface area contributed by atoms with E-state index in [4.69, 9.17) is 4.74 Å². The molecule has 4 nitrogen and oxygen atoms in total. The van der Waals surface area contributed by atoms with Crippen molar-refractivity contribution in [3.8, 4) is 0 Å². The monoisotopic (exact) mass is 225 g/mol. The van der Waals surface area contributed by atoms with Gasteiger partial charge in [0.2, 0.25) is 5.95 Å². The number of aryl methyl sites for hydroxylation is 2. The molecule has 0 saturated heterocycles. The van der Waals surface area contributed by atoms with Gasteiger partial charge in [-0.25, -0.2) is 4.98 Å². The molecule has 1 N–H and O–H groups in total. The molecule has 0 radical (unpaired) electrons. The molecule has 4 heteroatoms. The van der Waals surface area contributed by atoms with Crippen LogP contribution in [0.3, 0.4) is 0 Å². The Bertz CT molecular complexity index is 296. The SMILES string of the molecule is CCCCOCCCn1cc(C)nc1NC. The first-order valence-electron chi connectivity index (χ1n) is 6.07. The Hall–Kier alpha value is -1.03. The minimum atomic E-state index is 0.834. The molecule has 0 aliphatic rings. The van der Waals surface area contributed by atoms with Gasteiger partial charge in [-0.3, -0.25) is 0 Å². The number of aromatic nitrogens is 2. The van der Waals surface area contributed by atoms with Gasteiger partial charge in [-0.2, -0.15) is 0 Å². The van der Waals surface area contributed by atoms with E-state index in [1.54, 1.807) is 0 Å². The molecule has 1 heterocycles. The van der Waals surface area contributed by atoms with Crippen LogP contribution in [-0.2, 0) is 11.3 Å². The highest BCUT2D eigenvalue weighted by Crippen LogP contribution is 2.08. The highest BCUT2D eigenvalue weighted by atomic mass is 16.5. The van der Waals surface area contributed by atoms with Crippen molar-refractivity contribution in [2.75, 3.05) is 25.6 Å². The molecule has 92 valence electrons. The first-order valence-corrected chi connectivity index (χ1v) is 6.07. The number of unbranched alkanes of at least 4 members (excludes halogenated alkanes) is 1. The molecule has 0 aromatic carbocycles. The van der Waals surface area contributed by atoms with Crippen molar-refractivity contribution in [2.45, 2.75) is 39.7 Å². The van der Waals surface area contributed by atoms with E-state index >= 15 is 0 Å². The highest BCUT2D eigenvalue weighted by Gasteiger charge is 2.02. The van der Waals surface area contributed by atoms with Crippen molar-refractivity contribution in [1.82, 2.24) is 9.55 Å². The van der Waals surface area contributed by atoms with E-state index in [1.165, 1.54) is 6.42 Å². The van der Waals surface area contributed by atoms with Crippen molar-refractivity contribution in [3.63, 3.8) is 0 Å². The maximum absolute atomic E-state index is 5.52. The van der Waals surface area contributed by atoms with Crippen LogP contribution < -0.4 is 5.32 Å². The third-order valence-electron chi connectivity index (χ3n) is 2.45. The van der Waals surface area contributed by atoms with E-state index in [-0.39, 0.29) is 0 Å². The van der Waals surface area contributed by atoms with Gasteiger partial charge in [0.15, 0.2) is 0 Å². The Morgan fingerprint density at radius 1 is 1.38 bits per heavy atom. The molecule has 0 aliphatic carbocycles. The van der Waals surface area contributed by atoms with Crippen LogP contribution in [0.5, 0.6) is 0 Å². The summed E-state index contributed by atoms with van der Waals surface area (Å²) in [5.41, 5.74) is 1.05. The van der Waals surface area contributed by atoms with Gasteiger partial charge in [0.25, 0.3) is 0 Å². The van der Waals surface area contributed by atoms with Crippen LogP contribution in [0.4, 0.5) is 5.95 Å². The third kappa shape index (κ3) is 4.23. The molecule has 1 rings (SSSR count). The molecule has 0 amide bonds. The van der Waals surface area contributed by atoms with Gasteiger partial charge in [-0.15, -0.1) is 0 Å². The summed E-state index contributed by atoms with van der Waals surface area (Å²) in [6, 6.07) is 0. The van der Waals surface area contributed by atoms with Gasteiger partial charge in [0, 0.05) is 33.0 Å². The van der Waals surface area contributed by atoms with Crippen molar-refractivity contribution in [1.29, 1.82) is 0 Å². The molecule has 0 bridgehead atoms. The second-order valence-corrected chi connectivity index (χ2v) is 3.97. The lowest BCUT2D eigenvalue weighted by atomic mass is 10.3. The molecule has 0 atom stereocenters. The Morgan fingerprint density at radius 2 is 2.12 bits per heavy atom. The highest BCUT2D eigenvalue weighted by molar-refractivity contribution is 5.27. The fraction of sp³-hybridized carbons (Fsp3) is 0.750. The van der Waals surface area contributed by atoms with Crippen molar-refractivity contribution < 1.29 is 4.74 Å². The molecule has 0 unspecified atom stereocenters. The quantitative estimate of drug-likeness (QED) is 0.691. The van der Waals surface area contributed by atoms with E-state index in [1.807, 2.05) is 14.0 Å². The lowest BCUT2D eigenvalue weighted by molar-refractivity contribution is 0.126. The van der Waals surface area contributed by atoms with Gasteiger partial charge in [0.1, 0.15) is 0 Å². The molecule has 1 aromatic heterocycles. The molecular formula is C12H23N3O. The molecule has 0 fully saturated rings. The normalized spacial score (nSPS) is 10.7. The number of hydrogen-bond acceptors (Lipinski definition) is 3. The Balaban J connectivity index is 2.21. The number of anilines is 1. The van der Waals surface area contributed by atoms with Crippen LogP contribution >= 0.6 is 0 Å². The zero-order valence-electron chi connectivity index (χ0n) is 10.6. The number of nitrogens with one attached hydrogen (secondary N) is 1. The maximum Gasteiger partial charge on any atom is 0.202 e. The third-order valence-corrected chi connectivity index (χ3v) is 2.45. The molecule has 0 aliphatic heterocycles. The summed E-state index contributed by atoms with van der Waals surface area (Å²) in [6.45, 7) is 6.87. The molecular weight excluding hydrogens is 202 g/mol. The predicted octanol–water partition coefficient (Wildman–Crippen LogP) is 2.44. The van der Waals surface area contributed by atoms with Crippen LogP contribution in [-0.4, -0.2) is 29.8 Å². The summed E-state index contributed by atoms with van der Waals surface area (Å²) in [6.07, 6.45) is 5.46. The topological polar surface area (TPSA) is 39.1 Å². The summed E-state index contributed by atoms with van der Waals surface area (Å²) < 4.78 is 7.66. The van der Waals surface area contributed by atoms with E-state index < -0.39 is 0 Å². The second kappa shape index (κ2) is 7.28. The van der Waals surface area contributed by atoms with Gasteiger partial charge < -0.3 is 14.6 Å². The molecule has 0 spiro atoms. The van der Waals surface area contributed by atoms with E-state index in [0.717, 1.165) is 44.2 Å². The maximum atomic E-state index is 5.52. The lowest BCUT2D eigenvalue weighted by Gasteiger charge is -2.07. The zero-order chi connectivity index (χ0) is 11.8. The largest absolute Gasteiger partial charge is 0.381 e. The summed E-state index contributed by atoms with van der Waals surface area (Å²) in [7, 11) is 1.90. The van der Waals surface area contributed by atoms with E-state index in [9.17, 15) is 0 Å². The van der Waals surface area contributed by atoms with Crippen molar-refractivity contribution >= 4 is 5.95 Å². The standard InChI is InChI=1S/C12H23N3O/c1-4-5-8-16-9-6-7-15-10-11(2)14-12(15)13-3/h10H,4-9H2,1-3H3,(H,13,14). The fourth-order valence-electron chi connectivity index (χ4n) is 1.60. The molecule has 1 aromatic rings. The predicted molar refractivity (Wildman–Crippen MR) is 66.9 cm³/mol. The molecule has 0 saturated carbocycles. The smallest absolute Gasteiger partial charge is 0.202 e. The number of nitrogens with zero attached hydrogens (tertiary/aromatic N) is 2. The number of rotatable bonds is 8. The summed E-state index contributed by atoms with van der Waals surface area (Å²) in [4.78, 5) is 4.37. The van der Waals surface area contributed by atoms with Crippen LogP contribution in [0, 0.1) is 6.92 Å². The number of ether oxygens (including phenoxy) is 1. The first-order chi connectivity index (χ1) is 7.77. The Morgan fingerprint density at radius 3 is 2.81 bits per heavy atom. The van der Waals surface area contributed by atoms with Crippen LogP contribution in [0.1, 0.15) is 31.9 Å². The number of imidazole rings is 1. The number of hydrogen-bond donors (Lipinski definition) is 1. The fourth-order valence-corrected chi connectivity index (χ4v) is 1.60. The van der Waals surface area contributed by atoms with Crippen molar-refractivity contribution in [3.05, 3.63) is 11.9 Å². The average Bonchev–Trinajstić information content (AvgIpc) is 2.64. The summed E-state index contributed by atoms with van der Waals surface area (Å²) >= 11 is 0. The van der Waals surface area contributed by atoms with E-state index in [0.29, 0.717) is 0 Å². The molecule has 16 heavy (non-hydrogen) atoms. The van der Waals surface area contributed by atoms with Gasteiger partial charge >= 0.3 is 0 Å².